The molecule has 8 heteroatoms. The molecule has 140 valence electrons. The Morgan fingerprint density at radius 3 is 2.77 bits per heavy atom. The van der Waals surface area contributed by atoms with Gasteiger partial charge < -0.3 is 10.1 Å². The number of benzene rings is 1. The summed E-state index contributed by atoms with van der Waals surface area (Å²) in [6.07, 6.45) is 3.67. The minimum Gasteiger partial charge on any atom is -0.495 e. The number of amides is 1. The molecule has 0 aliphatic heterocycles. The van der Waals surface area contributed by atoms with Gasteiger partial charge >= 0.3 is 0 Å². The standard InChI is InChI=1S/C18H22N2O4S2/c1-24-17-10-9-15(26(22,23)20-13-7-8-13)12-16(17)19-18(21)6-2-4-14-5-3-11-25-14/h3,5,9-13,20H,2,4,6-8H2,1H3,(H,19,21). The quantitative estimate of drug-likeness (QED) is 0.684. The van der Waals surface area contributed by atoms with E-state index in [1.54, 1.807) is 17.4 Å². The van der Waals surface area contributed by atoms with Crippen molar-refractivity contribution in [2.45, 2.75) is 43.0 Å². The zero-order chi connectivity index (χ0) is 18.6. The molecule has 26 heavy (non-hydrogen) atoms. The van der Waals surface area contributed by atoms with E-state index >= 15 is 0 Å². The smallest absolute Gasteiger partial charge is 0.240 e. The van der Waals surface area contributed by atoms with E-state index in [1.807, 2.05) is 17.5 Å². The minimum atomic E-state index is -3.58. The van der Waals surface area contributed by atoms with Crippen LogP contribution in [0.4, 0.5) is 5.69 Å². The predicted octanol–water partition coefficient (Wildman–Crippen LogP) is 3.16. The van der Waals surface area contributed by atoms with Crippen LogP contribution in [0.2, 0.25) is 0 Å². The summed E-state index contributed by atoms with van der Waals surface area (Å²) in [5.74, 6) is 0.270. The highest BCUT2D eigenvalue weighted by molar-refractivity contribution is 7.89. The average molecular weight is 395 g/mol. The Hall–Kier alpha value is -1.90. The van der Waals surface area contributed by atoms with Gasteiger partial charge in [-0.25, -0.2) is 13.1 Å². The Morgan fingerprint density at radius 2 is 2.12 bits per heavy atom. The van der Waals surface area contributed by atoms with E-state index in [0.29, 0.717) is 17.9 Å². The summed E-state index contributed by atoms with van der Waals surface area (Å²) >= 11 is 1.67. The van der Waals surface area contributed by atoms with Crippen LogP contribution in [0.15, 0.2) is 40.6 Å². The number of rotatable bonds is 9. The number of ether oxygens (including phenoxy) is 1. The SMILES string of the molecule is COc1ccc(S(=O)(=O)NC2CC2)cc1NC(=O)CCCc1cccs1. The van der Waals surface area contributed by atoms with E-state index in [-0.39, 0.29) is 16.8 Å². The van der Waals surface area contributed by atoms with Gasteiger partial charge in [0.05, 0.1) is 17.7 Å². The topological polar surface area (TPSA) is 84.5 Å². The molecule has 0 saturated heterocycles. The van der Waals surface area contributed by atoms with Crippen LogP contribution in [0.5, 0.6) is 5.75 Å². The van der Waals surface area contributed by atoms with Crippen LogP contribution in [-0.2, 0) is 21.2 Å². The second-order valence-corrected chi connectivity index (χ2v) is 8.98. The zero-order valence-electron chi connectivity index (χ0n) is 14.5. The fourth-order valence-corrected chi connectivity index (χ4v) is 4.61. The molecule has 1 saturated carbocycles. The van der Waals surface area contributed by atoms with Gasteiger partial charge in [-0.3, -0.25) is 4.79 Å². The number of sulfonamides is 1. The second kappa shape index (κ2) is 8.20. The van der Waals surface area contributed by atoms with Gasteiger partial charge in [0.25, 0.3) is 0 Å². The van der Waals surface area contributed by atoms with Crippen molar-refractivity contribution in [2.24, 2.45) is 0 Å². The van der Waals surface area contributed by atoms with Gasteiger partial charge in [-0.15, -0.1) is 11.3 Å². The molecule has 1 amide bonds. The second-order valence-electron chi connectivity index (χ2n) is 6.24. The monoisotopic (exact) mass is 394 g/mol. The molecule has 0 bridgehead atoms. The van der Waals surface area contributed by atoms with Crippen molar-refractivity contribution >= 4 is 33.0 Å². The van der Waals surface area contributed by atoms with Gasteiger partial charge in [0.1, 0.15) is 5.75 Å². The van der Waals surface area contributed by atoms with Crippen molar-refractivity contribution < 1.29 is 17.9 Å². The maximum atomic E-state index is 12.4. The highest BCUT2D eigenvalue weighted by atomic mass is 32.2. The number of carbonyl (C=O) groups is 1. The summed E-state index contributed by atoms with van der Waals surface area (Å²) in [5, 5.41) is 4.79. The number of anilines is 1. The molecular formula is C18H22N2O4S2. The first-order valence-electron chi connectivity index (χ1n) is 8.50. The molecule has 1 fully saturated rings. The predicted molar refractivity (Wildman–Crippen MR) is 102 cm³/mol. The van der Waals surface area contributed by atoms with Crippen LogP contribution in [0.1, 0.15) is 30.6 Å². The molecule has 0 unspecified atom stereocenters. The fourth-order valence-electron chi connectivity index (χ4n) is 2.53. The van der Waals surface area contributed by atoms with Crippen LogP contribution in [-0.4, -0.2) is 27.5 Å². The first-order chi connectivity index (χ1) is 12.5. The molecule has 0 radical (unpaired) electrons. The molecule has 3 rings (SSSR count). The fraction of sp³-hybridized carbons (Fsp3) is 0.389. The summed E-state index contributed by atoms with van der Waals surface area (Å²) in [4.78, 5) is 13.6. The van der Waals surface area contributed by atoms with Gasteiger partial charge in [0, 0.05) is 17.3 Å². The van der Waals surface area contributed by atoms with Crippen molar-refractivity contribution in [3.8, 4) is 5.75 Å². The molecule has 6 nitrogen and oxygen atoms in total. The van der Waals surface area contributed by atoms with Crippen LogP contribution in [0, 0.1) is 0 Å². The third kappa shape index (κ3) is 5.06. The van der Waals surface area contributed by atoms with Crippen LogP contribution < -0.4 is 14.8 Å². The Kier molecular flexibility index (Phi) is 5.95. The number of aryl methyl sites for hydroxylation is 1. The summed E-state index contributed by atoms with van der Waals surface area (Å²) in [7, 11) is -2.10. The van der Waals surface area contributed by atoms with E-state index in [0.717, 1.165) is 25.7 Å². The van der Waals surface area contributed by atoms with Crippen molar-refractivity contribution in [3.05, 3.63) is 40.6 Å². The normalized spacial score (nSPS) is 14.2. The Morgan fingerprint density at radius 1 is 1.31 bits per heavy atom. The molecule has 1 aliphatic rings. The average Bonchev–Trinajstić information content (AvgIpc) is 3.25. The lowest BCUT2D eigenvalue weighted by molar-refractivity contribution is -0.116. The van der Waals surface area contributed by atoms with Crippen LogP contribution in [0.25, 0.3) is 0 Å². The van der Waals surface area contributed by atoms with Gasteiger partial charge in [-0.2, -0.15) is 0 Å². The summed E-state index contributed by atoms with van der Waals surface area (Å²) in [5.41, 5.74) is 0.368. The lowest BCUT2D eigenvalue weighted by atomic mass is 10.2. The third-order valence-electron chi connectivity index (χ3n) is 4.06. The van der Waals surface area contributed by atoms with Crippen molar-refractivity contribution in [1.82, 2.24) is 4.72 Å². The first-order valence-corrected chi connectivity index (χ1v) is 10.9. The van der Waals surface area contributed by atoms with Crippen molar-refractivity contribution in [1.29, 1.82) is 0 Å². The third-order valence-corrected chi connectivity index (χ3v) is 6.52. The van der Waals surface area contributed by atoms with E-state index in [1.165, 1.54) is 24.1 Å². The Bertz CT molecular complexity index is 859. The zero-order valence-corrected chi connectivity index (χ0v) is 16.2. The highest BCUT2D eigenvalue weighted by Crippen LogP contribution is 2.29. The highest BCUT2D eigenvalue weighted by Gasteiger charge is 2.28. The molecule has 1 aliphatic carbocycles. The molecule has 1 aromatic carbocycles. The molecule has 2 aromatic rings. The maximum absolute atomic E-state index is 12.4. The van der Waals surface area contributed by atoms with Gasteiger partial charge in [0.2, 0.25) is 15.9 Å². The summed E-state index contributed by atoms with van der Waals surface area (Å²) in [6, 6.07) is 8.55. The molecule has 0 atom stereocenters. The van der Waals surface area contributed by atoms with Gasteiger partial charge in [0.15, 0.2) is 0 Å². The lowest BCUT2D eigenvalue weighted by Crippen LogP contribution is -2.25. The largest absolute Gasteiger partial charge is 0.495 e. The Balaban J connectivity index is 1.65. The van der Waals surface area contributed by atoms with Crippen LogP contribution in [0.3, 0.4) is 0 Å². The minimum absolute atomic E-state index is 0.0254. The number of hydrogen-bond acceptors (Lipinski definition) is 5. The molecule has 2 N–H and O–H groups in total. The number of thiophene rings is 1. The van der Waals surface area contributed by atoms with E-state index in [4.69, 9.17) is 4.74 Å². The van der Waals surface area contributed by atoms with Crippen molar-refractivity contribution in [3.63, 3.8) is 0 Å². The number of carbonyl (C=O) groups excluding carboxylic acids is 1. The van der Waals surface area contributed by atoms with Crippen LogP contribution >= 0.6 is 11.3 Å². The summed E-state index contributed by atoms with van der Waals surface area (Å²) in [6.45, 7) is 0. The molecule has 1 heterocycles. The maximum Gasteiger partial charge on any atom is 0.240 e. The van der Waals surface area contributed by atoms with Gasteiger partial charge in [-0.05, 0) is 55.3 Å². The number of hydrogen-bond donors (Lipinski definition) is 2. The molecular weight excluding hydrogens is 372 g/mol. The Labute approximate surface area is 157 Å². The van der Waals surface area contributed by atoms with E-state index in [9.17, 15) is 13.2 Å². The number of methoxy groups -OCH3 is 1. The summed E-state index contributed by atoms with van der Waals surface area (Å²) < 4.78 is 32.6. The first kappa shape index (κ1) is 18.9. The van der Waals surface area contributed by atoms with Crippen molar-refractivity contribution in [2.75, 3.05) is 12.4 Å². The molecule has 1 aromatic heterocycles. The van der Waals surface area contributed by atoms with E-state index in [2.05, 4.69) is 10.0 Å². The lowest BCUT2D eigenvalue weighted by Gasteiger charge is -2.13. The molecule has 0 spiro atoms. The number of nitrogens with one attached hydrogen (secondary N) is 2. The van der Waals surface area contributed by atoms with Gasteiger partial charge in [-0.1, -0.05) is 6.07 Å². The van der Waals surface area contributed by atoms with E-state index < -0.39 is 10.0 Å².